The van der Waals surface area contributed by atoms with Crippen LogP contribution in [0.2, 0.25) is 0 Å². The molecule has 0 aliphatic heterocycles. The summed E-state index contributed by atoms with van der Waals surface area (Å²) in [4.78, 5) is 22.6. The van der Waals surface area contributed by atoms with Gasteiger partial charge >= 0.3 is 0 Å². The molecule has 0 aromatic rings. The lowest BCUT2D eigenvalue weighted by Crippen LogP contribution is -2.52. The third kappa shape index (κ3) is 3.08. The number of nitrogens with one attached hydrogen (secondary N) is 1. The quantitative estimate of drug-likeness (QED) is 0.544. The topological polar surface area (TPSA) is 98.2 Å². The average molecular weight is 201 g/mol. The zero-order valence-corrected chi connectivity index (χ0v) is 8.96. The van der Waals surface area contributed by atoms with E-state index < -0.39 is 17.5 Å². The second-order valence-corrected chi connectivity index (χ2v) is 3.61. The third-order valence-electron chi connectivity index (χ3n) is 2.65. The fraction of sp³-hybridized carbons (Fsp3) is 0.778. The van der Waals surface area contributed by atoms with Crippen molar-refractivity contribution in [1.82, 2.24) is 5.32 Å². The lowest BCUT2D eigenvalue weighted by molar-refractivity contribution is -0.137. The van der Waals surface area contributed by atoms with E-state index in [1.54, 1.807) is 6.92 Å². The molecule has 0 aromatic heterocycles. The Kier molecular flexibility index (Phi) is 4.73. The fourth-order valence-electron chi connectivity index (χ4n) is 0.917. The minimum absolute atomic E-state index is 0.312. The standard InChI is InChI=1S/C9H19N3O2/c1-4-9(3,5-2)8(14)12-7(13)6(10)11/h6H,4-5,10-11H2,1-3H3,(H,12,13,14). The summed E-state index contributed by atoms with van der Waals surface area (Å²) in [6, 6.07) is 0. The molecule has 14 heavy (non-hydrogen) atoms. The van der Waals surface area contributed by atoms with Crippen LogP contribution in [0.15, 0.2) is 0 Å². The van der Waals surface area contributed by atoms with Gasteiger partial charge in [-0.2, -0.15) is 0 Å². The second kappa shape index (κ2) is 5.07. The normalized spacial score (nSPS) is 11.6. The molecule has 5 nitrogen and oxygen atoms in total. The lowest BCUT2D eigenvalue weighted by atomic mass is 9.84. The molecule has 0 unspecified atom stereocenters. The van der Waals surface area contributed by atoms with E-state index >= 15 is 0 Å². The van der Waals surface area contributed by atoms with Gasteiger partial charge in [0, 0.05) is 5.41 Å². The van der Waals surface area contributed by atoms with Gasteiger partial charge < -0.3 is 11.5 Å². The molecule has 0 spiro atoms. The van der Waals surface area contributed by atoms with Crippen molar-refractivity contribution in [3.05, 3.63) is 0 Å². The molecule has 0 aliphatic rings. The average Bonchev–Trinajstić information content (AvgIpc) is 2.16. The smallest absolute Gasteiger partial charge is 0.258 e. The number of imide groups is 1. The minimum Gasteiger partial charge on any atom is -0.308 e. The van der Waals surface area contributed by atoms with Crippen LogP contribution in [0.5, 0.6) is 0 Å². The number of amides is 2. The maximum absolute atomic E-state index is 11.6. The number of hydrogen-bond acceptors (Lipinski definition) is 4. The Bertz CT molecular complexity index is 222. The Hall–Kier alpha value is -0.940. The van der Waals surface area contributed by atoms with Gasteiger partial charge in [0.1, 0.15) is 6.17 Å². The molecule has 0 saturated heterocycles. The van der Waals surface area contributed by atoms with Crippen LogP contribution in [0.1, 0.15) is 33.6 Å². The van der Waals surface area contributed by atoms with Crippen LogP contribution in [0.4, 0.5) is 0 Å². The van der Waals surface area contributed by atoms with Crippen LogP contribution < -0.4 is 16.8 Å². The number of nitrogens with two attached hydrogens (primary N) is 2. The molecular weight excluding hydrogens is 182 g/mol. The molecule has 0 saturated carbocycles. The van der Waals surface area contributed by atoms with Crippen LogP contribution in [-0.2, 0) is 9.59 Å². The van der Waals surface area contributed by atoms with E-state index in [0.29, 0.717) is 12.8 Å². The van der Waals surface area contributed by atoms with Crippen molar-refractivity contribution in [2.45, 2.75) is 39.8 Å². The second-order valence-electron chi connectivity index (χ2n) is 3.61. The fourth-order valence-corrected chi connectivity index (χ4v) is 0.917. The zero-order chi connectivity index (χ0) is 11.4. The summed E-state index contributed by atoms with van der Waals surface area (Å²) in [5.41, 5.74) is 9.72. The Labute approximate surface area is 84.2 Å². The molecule has 0 bridgehead atoms. The van der Waals surface area contributed by atoms with Gasteiger partial charge in [0.05, 0.1) is 0 Å². The molecule has 0 aliphatic carbocycles. The molecule has 2 amide bonds. The van der Waals surface area contributed by atoms with Gasteiger partial charge in [-0.05, 0) is 12.8 Å². The van der Waals surface area contributed by atoms with E-state index in [4.69, 9.17) is 11.5 Å². The number of carbonyl (C=O) groups is 2. The molecule has 82 valence electrons. The van der Waals surface area contributed by atoms with Crippen molar-refractivity contribution >= 4 is 11.8 Å². The predicted molar refractivity (Wildman–Crippen MR) is 54.0 cm³/mol. The summed E-state index contributed by atoms with van der Waals surface area (Å²) in [6.07, 6.45) is 0.196. The van der Waals surface area contributed by atoms with Crippen LogP contribution in [-0.4, -0.2) is 18.0 Å². The van der Waals surface area contributed by atoms with Crippen LogP contribution in [0.25, 0.3) is 0 Å². The van der Waals surface area contributed by atoms with E-state index in [1.807, 2.05) is 13.8 Å². The first kappa shape index (κ1) is 13.1. The highest BCUT2D eigenvalue weighted by atomic mass is 16.2. The first-order valence-corrected chi connectivity index (χ1v) is 4.73. The molecule has 0 radical (unpaired) electrons. The highest BCUT2D eigenvalue weighted by Gasteiger charge is 2.30. The molecule has 0 atom stereocenters. The molecule has 5 heteroatoms. The van der Waals surface area contributed by atoms with Crippen molar-refractivity contribution < 1.29 is 9.59 Å². The molecule has 0 rings (SSSR count). The summed E-state index contributed by atoms with van der Waals surface area (Å²) >= 11 is 0. The van der Waals surface area contributed by atoms with E-state index in [-0.39, 0.29) is 5.91 Å². The highest BCUT2D eigenvalue weighted by molar-refractivity contribution is 5.99. The molecule has 0 heterocycles. The Morgan fingerprint density at radius 2 is 1.71 bits per heavy atom. The van der Waals surface area contributed by atoms with Gasteiger partial charge in [-0.3, -0.25) is 14.9 Å². The van der Waals surface area contributed by atoms with Crippen molar-refractivity contribution in [2.75, 3.05) is 0 Å². The Balaban J connectivity index is 4.40. The van der Waals surface area contributed by atoms with Gasteiger partial charge in [0.2, 0.25) is 5.91 Å². The monoisotopic (exact) mass is 201 g/mol. The van der Waals surface area contributed by atoms with Gasteiger partial charge in [0.15, 0.2) is 0 Å². The van der Waals surface area contributed by atoms with E-state index in [9.17, 15) is 9.59 Å². The van der Waals surface area contributed by atoms with Crippen molar-refractivity contribution in [2.24, 2.45) is 16.9 Å². The van der Waals surface area contributed by atoms with Crippen molar-refractivity contribution in [3.8, 4) is 0 Å². The highest BCUT2D eigenvalue weighted by Crippen LogP contribution is 2.25. The van der Waals surface area contributed by atoms with Gasteiger partial charge in [-0.15, -0.1) is 0 Å². The third-order valence-corrected chi connectivity index (χ3v) is 2.65. The summed E-state index contributed by atoms with van der Waals surface area (Å²) in [5, 5.41) is 2.19. The summed E-state index contributed by atoms with van der Waals surface area (Å²) < 4.78 is 0. The van der Waals surface area contributed by atoms with E-state index in [1.165, 1.54) is 0 Å². The van der Waals surface area contributed by atoms with E-state index in [0.717, 1.165) is 0 Å². The molecule has 0 fully saturated rings. The molecular formula is C9H19N3O2. The maximum atomic E-state index is 11.6. The Morgan fingerprint density at radius 3 is 2.00 bits per heavy atom. The lowest BCUT2D eigenvalue weighted by Gasteiger charge is -2.24. The summed E-state index contributed by atoms with van der Waals surface area (Å²) in [5.74, 6) is -0.948. The maximum Gasteiger partial charge on any atom is 0.258 e. The zero-order valence-electron chi connectivity index (χ0n) is 8.96. The van der Waals surface area contributed by atoms with Gasteiger partial charge in [-0.25, -0.2) is 0 Å². The van der Waals surface area contributed by atoms with Gasteiger partial charge in [-0.1, -0.05) is 20.8 Å². The van der Waals surface area contributed by atoms with Crippen LogP contribution in [0.3, 0.4) is 0 Å². The molecule has 0 aromatic carbocycles. The van der Waals surface area contributed by atoms with Crippen molar-refractivity contribution in [1.29, 1.82) is 0 Å². The van der Waals surface area contributed by atoms with E-state index in [2.05, 4.69) is 5.32 Å². The van der Waals surface area contributed by atoms with Gasteiger partial charge in [0.25, 0.3) is 5.91 Å². The number of carbonyl (C=O) groups excluding carboxylic acids is 2. The van der Waals surface area contributed by atoms with Crippen LogP contribution >= 0.6 is 0 Å². The SMILES string of the molecule is CCC(C)(CC)C(=O)NC(=O)C(N)N. The minimum atomic E-state index is -1.14. The largest absolute Gasteiger partial charge is 0.308 e. The predicted octanol–water partition coefficient (Wildman–Crippen LogP) is -0.301. The molecule has 5 N–H and O–H groups in total. The first-order chi connectivity index (χ1) is 6.37. The number of rotatable bonds is 4. The van der Waals surface area contributed by atoms with Crippen molar-refractivity contribution in [3.63, 3.8) is 0 Å². The summed E-state index contributed by atoms with van der Waals surface area (Å²) in [6.45, 7) is 5.60. The summed E-state index contributed by atoms with van der Waals surface area (Å²) in [7, 11) is 0. The first-order valence-electron chi connectivity index (χ1n) is 4.73. The number of hydrogen-bond donors (Lipinski definition) is 3. The van der Waals surface area contributed by atoms with Crippen LogP contribution in [0, 0.1) is 5.41 Å². The Morgan fingerprint density at radius 1 is 1.29 bits per heavy atom.